The van der Waals surface area contributed by atoms with Crippen molar-refractivity contribution in [3.05, 3.63) is 29.8 Å². The summed E-state index contributed by atoms with van der Waals surface area (Å²) in [5, 5.41) is 2.79. The third-order valence-electron chi connectivity index (χ3n) is 2.44. The Balaban J connectivity index is 2.42. The standard InChI is InChI=1S/C13H20N2O2S/c1-2-7-18(17)8-6-13(16)15-12-5-3-4-11(9-12)10-14/h3-5,9H,2,6-8,10,14H2,1H3,(H,15,16). The molecule has 3 N–H and O–H groups in total. The maximum atomic E-state index is 11.6. The van der Waals surface area contributed by atoms with Crippen molar-refractivity contribution in [2.45, 2.75) is 26.3 Å². The molecular weight excluding hydrogens is 248 g/mol. The average Bonchev–Trinajstić information content (AvgIpc) is 2.37. The molecule has 0 fully saturated rings. The number of rotatable bonds is 7. The van der Waals surface area contributed by atoms with Gasteiger partial charge in [-0.15, -0.1) is 0 Å². The lowest BCUT2D eigenvalue weighted by Crippen LogP contribution is -2.15. The van der Waals surface area contributed by atoms with Crippen molar-refractivity contribution in [2.75, 3.05) is 16.8 Å². The number of nitrogens with one attached hydrogen (secondary N) is 1. The summed E-state index contributed by atoms with van der Waals surface area (Å²) in [6.45, 7) is 2.43. The Kier molecular flexibility index (Phi) is 6.60. The molecule has 100 valence electrons. The van der Waals surface area contributed by atoms with E-state index >= 15 is 0 Å². The van der Waals surface area contributed by atoms with Gasteiger partial charge in [-0.1, -0.05) is 19.1 Å². The van der Waals surface area contributed by atoms with E-state index in [9.17, 15) is 9.00 Å². The molecule has 0 saturated heterocycles. The molecule has 5 heteroatoms. The number of hydrogen-bond acceptors (Lipinski definition) is 3. The van der Waals surface area contributed by atoms with Gasteiger partial charge in [0.25, 0.3) is 0 Å². The second-order valence-electron chi connectivity index (χ2n) is 4.05. The summed E-state index contributed by atoms with van der Waals surface area (Å²) in [5.41, 5.74) is 7.24. The smallest absolute Gasteiger partial charge is 0.225 e. The fraction of sp³-hybridized carbons (Fsp3) is 0.462. The lowest BCUT2D eigenvalue weighted by Gasteiger charge is -2.06. The molecule has 0 radical (unpaired) electrons. The van der Waals surface area contributed by atoms with Crippen LogP contribution in [0.15, 0.2) is 24.3 Å². The molecule has 0 heterocycles. The first-order valence-corrected chi connectivity index (χ1v) is 7.58. The first-order chi connectivity index (χ1) is 8.65. The number of amides is 1. The van der Waals surface area contributed by atoms with E-state index < -0.39 is 10.8 Å². The largest absolute Gasteiger partial charge is 0.326 e. The number of benzene rings is 1. The summed E-state index contributed by atoms with van der Waals surface area (Å²) >= 11 is 0. The van der Waals surface area contributed by atoms with Crippen molar-refractivity contribution in [1.29, 1.82) is 0 Å². The van der Waals surface area contributed by atoms with Crippen LogP contribution in [0.2, 0.25) is 0 Å². The van der Waals surface area contributed by atoms with Crippen molar-refractivity contribution < 1.29 is 9.00 Å². The van der Waals surface area contributed by atoms with Gasteiger partial charge in [-0.2, -0.15) is 0 Å². The number of carbonyl (C=O) groups excluding carboxylic acids is 1. The summed E-state index contributed by atoms with van der Waals surface area (Å²) in [6, 6.07) is 7.43. The molecule has 0 bridgehead atoms. The van der Waals surface area contributed by atoms with E-state index in [1.54, 1.807) is 0 Å². The Morgan fingerprint density at radius 1 is 1.39 bits per heavy atom. The van der Waals surface area contributed by atoms with Gasteiger partial charge >= 0.3 is 0 Å². The van der Waals surface area contributed by atoms with E-state index in [1.165, 1.54) is 0 Å². The molecule has 4 nitrogen and oxygen atoms in total. The van der Waals surface area contributed by atoms with Gasteiger partial charge in [0, 0.05) is 41.0 Å². The van der Waals surface area contributed by atoms with E-state index in [2.05, 4.69) is 5.32 Å². The van der Waals surface area contributed by atoms with Crippen LogP contribution < -0.4 is 11.1 Å². The molecule has 1 atom stereocenters. The minimum absolute atomic E-state index is 0.103. The Hall–Kier alpha value is -1.20. The van der Waals surface area contributed by atoms with Gasteiger partial charge in [-0.25, -0.2) is 0 Å². The molecule has 0 aromatic heterocycles. The second-order valence-corrected chi connectivity index (χ2v) is 5.75. The maximum Gasteiger partial charge on any atom is 0.225 e. The van der Waals surface area contributed by atoms with E-state index in [1.807, 2.05) is 31.2 Å². The van der Waals surface area contributed by atoms with Crippen LogP contribution in [0.25, 0.3) is 0 Å². The molecule has 18 heavy (non-hydrogen) atoms. The topological polar surface area (TPSA) is 72.2 Å². The summed E-state index contributed by atoms with van der Waals surface area (Å²) in [4.78, 5) is 11.6. The second kappa shape index (κ2) is 8.00. The third kappa shape index (κ3) is 5.42. The third-order valence-corrected chi connectivity index (χ3v) is 3.96. The first-order valence-electron chi connectivity index (χ1n) is 6.09. The van der Waals surface area contributed by atoms with Gasteiger partial charge in [-0.3, -0.25) is 9.00 Å². The number of hydrogen-bond donors (Lipinski definition) is 2. The molecule has 1 rings (SSSR count). The van der Waals surface area contributed by atoms with Gasteiger partial charge in [-0.05, 0) is 24.1 Å². The van der Waals surface area contributed by atoms with Gasteiger partial charge in [0.05, 0.1) is 0 Å². The number of anilines is 1. The number of carbonyl (C=O) groups is 1. The summed E-state index contributed by atoms with van der Waals surface area (Å²) in [7, 11) is -0.885. The van der Waals surface area contributed by atoms with Crippen LogP contribution in [0.1, 0.15) is 25.3 Å². The highest BCUT2D eigenvalue weighted by Gasteiger charge is 2.05. The van der Waals surface area contributed by atoms with E-state index in [0.29, 0.717) is 24.5 Å². The maximum absolute atomic E-state index is 11.6. The van der Waals surface area contributed by atoms with Crippen molar-refractivity contribution >= 4 is 22.4 Å². The molecule has 1 aromatic carbocycles. The molecular formula is C13H20N2O2S. The fourth-order valence-corrected chi connectivity index (χ4v) is 2.61. The van der Waals surface area contributed by atoms with Crippen LogP contribution in [0, 0.1) is 0 Å². The van der Waals surface area contributed by atoms with Crippen LogP contribution in [-0.2, 0) is 22.1 Å². The van der Waals surface area contributed by atoms with Crippen LogP contribution in [-0.4, -0.2) is 21.6 Å². The Labute approximate surface area is 110 Å². The molecule has 0 saturated carbocycles. The zero-order chi connectivity index (χ0) is 13.4. The molecule has 1 aromatic rings. The Morgan fingerprint density at radius 3 is 2.83 bits per heavy atom. The SMILES string of the molecule is CCCS(=O)CCC(=O)Nc1cccc(CN)c1. The predicted octanol–water partition coefficient (Wildman–Crippen LogP) is 1.63. The average molecular weight is 268 g/mol. The monoisotopic (exact) mass is 268 g/mol. The quantitative estimate of drug-likeness (QED) is 0.789. The van der Waals surface area contributed by atoms with Crippen molar-refractivity contribution in [3.63, 3.8) is 0 Å². The van der Waals surface area contributed by atoms with Crippen molar-refractivity contribution in [1.82, 2.24) is 0 Å². The van der Waals surface area contributed by atoms with Gasteiger partial charge in [0.15, 0.2) is 0 Å². The van der Waals surface area contributed by atoms with Gasteiger partial charge in [0.1, 0.15) is 0 Å². The Bertz CT molecular complexity index is 421. The van der Waals surface area contributed by atoms with E-state index in [4.69, 9.17) is 5.73 Å². The highest BCUT2D eigenvalue weighted by atomic mass is 32.2. The van der Waals surface area contributed by atoms with Crippen molar-refractivity contribution in [3.8, 4) is 0 Å². The minimum atomic E-state index is -0.885. The lowest BCUT2D eigenvalue weighted by molar-refractivity contribution is -0.115. The van der Waals surface area contributed by atoms with Crippen LogP contribution >= 0.6 is 0 Å². The lowest BCUT2D eigenvalue weighted by atomic mass is 10.2. The molecule has 0 aliphatic carbocycles. The zero-order valence-electron chi connectivity index (χ0n) is 10.6. The first kappa shape index (κ1) is 14.9. The fourth-order valence-electron chi connectivity index (χ4n) is 1.54. The van der Waals surface area contributed by atoms with E-state index in [0.717, 1.165) is 17.7 Å². The number of nitrogens with two attached hydrogens (primary N) is 1. The van der Waals surface area contributed by atoms with Crippen LogP contribution in [0.5, 0.6) is 0 Å². The van der Waals surface area contributed by atoms with Crippen LogP contribution in [0.4, 0.5) is 5.69 Å². The molecule has 0 aliphatic rings. The zero-order valence-corrected chi connectivity index (χ0v) is 11.5. The van der Waals surface area contributed by atoms with Crippen LogP contribution in [0.3, 0.4) is 0 Å². The van der Waals surface area contributed by atoms with Gasteiger partial charge < -0.3 is 11.1 Å². The molecule has 1 unspecified atom stereocenters. The highest BCUT2D eigenvalue weighted by molar-refractivity contribution is 7.84. The summed E-state index contributed by atoms with van der Waals surface area (Å²) in [6.07, 6.45) is 1.17. The molecule has 0 spiro atoms. The summed E-state index contributed by atoms with van der Waals surface area (Å²) < 4.78 is 11.4. The predicted molar refractivity (Wildman–Crippen MR) is 75.7 cm³/mol. The molecule has 1 amide bonds. The summed E-state index contributed by atoms with van der Waals surface area (Å²) in [5.74, 6) is 0.986. The van der Waals surface area contributed by atoms with Gasteiger partial charge in [0.2, 0.25) is 5.91 Å². The normalized spacial score (nSPS) is 12.1. The highest BCUT2D eigenvalue weighted by Crippen LogP contribution is 2.10. The van der Waals surface area contributed by atoms with E-state index in [-0.39, 0.29) is 5.91 Å². The van der Waals surface area contributed by atoms with Crippen molar-refractivity contribution in [2.24, 2.45) is 5.73 Å². The molecule has 0 aliphatic heterocycles. The Morgan fingerprint density at radius 2 is 2.17 bits per heavy atom. The minimum Gasteiger partial charge on any atom is -0.326 e.